The number of carboxylic acids is 1. The van der Waals surface area contributed by atoms with E-state index in [1.165, 1.54) is 18.6 Å². The first-order valence-electron chi connectivity index (χ1n) is 15.2. The van der Waals surface area contributed by atoms with Crippen LogP contribution < -0.4 is 16.0 Å². The molecule has 2 heterocycles. The van der Waals surface area contributed by atoms with Crippen molar-refractivity contribution in [1.82, 2.24) is 30.8 Å². The summed E-state index contributed by atoms with van der Waals surface area (Å²) in [5.41, 5.74) is 0.932. The minimum Gasteiger partial charge on any atom is -0.479 e. The molecule has 0 bridgehead atoms. The first-order valence-corrected chi connectivity index (χ1v) is 16.6. The van der Waals surface area contributed by atoms with Gasteiger partial charge in [0.15, 0.2) is 0 Å². The third-order valence-electron chi connectivity index (χ3n) is 7.34. The van der Waals surface area contributed by atoms with Gasteiger partial charge in [-0.2, -0.15) is 0 Å². The van der Waals surface area contributed by atoms with Gasteiger partial charge in [0.1, 0.15) is 11.7 Å². The normalized spacial score (nSPS) is 17.3. The molecule has 256 valence electrons. The van der Waals surface area contributed by atoms with Gasteiger partial charge in [0, 0.05) is 58.2 Å². The molecule has 0 saturated carbocycles. The van der Waals surface area contributed by atoms with Crippen LogP contribution in [0.1, 0.15) is 42.7 Å². The van der Waals surface area contributed by atoms with Gasteiger partial charge in [0.25, 0.3) is 5.91 Å². The van der Waals surface area contributed by atoms with E-state index in [1.807, 2.05) is 49.1 Å². The van der Waals surface area contributed by atoms with Crippen molar-refractivity contribution in [2.24, 2.45) is 5.92 Å². The topological polar surface area (TPSA) is 230 Å². The van der Waals surface area contributed by atoms with Gasteiger partial charge in [0.2, 0.25) is 25.2 Å². The Morgan fingerprint density at radius 1 is 1.09 bits per heavy atom. The van der Waals surface area contributed by atoms with E-state index in [-0.39, 0.29) is 37.8 Å². The molecule has 6 N–H and O–H groups in total. The second-order valence-electron chi connectivity index (χ2n) is 11.5. The third kappa shape index (κ3) is 12.1. The second-order valence-corrected chi connectivity index (χ2v) is 12.9. The molecule has 3 rings (SSSR count). The van der Waals surface area contributed by atoms with Crippen LogP contribution >= 0.6 is 8.03 Å². The number of aliphatic carboxylic acids is 1. The quantitative estimate of drug-likeness (QED) is 0.0972. The second kappa shape index (κ2) is 18.6. The number of amides is 3. The summed E-state index contributed by atoms with van der Waals surface area (Å²) in [6.45, 7) is 5.79. The zero-order valence-electron chi connectivity index (χ0n) is 26.3. The van der Waals surface area contributed by atoms with Crippen LogP contribution in [0.2, 0.25) is 0 Å². The molecule has 1 aromatic carbocycles. The number of benzene rings is 1. The minimum absolute atomic E-state index is 0.0807. The predicted molar refractivity (Wildman–Crippen MR) is 170 cm³/mol. The molecule has 1 aliphatic heterocycles. The Morgan fingerprint density at radius 3 is 2.34 bits per heavy atom. The van der Waals surface area contributed by atoms with Crippen LogP contribution in [-0.4, -0.2) is 118 Å². The van der Waals surface area contributed by atoms with Crippen molar-refractivity contribution in [3.8, 4) is 0 Å². The Bertz CT molecular complexity index is 1340. The van der Waals surface area contributed by atoms with Crippen LogP contribution in [0, 0.1) is 5.92 Å². The molecule has 0 aliphatic carbocycles. The highest BCUT2D eigenvalue weighted by Crippen LogP contribution is 2.35. The number of carboxylic acid groups (broad SMARTS) is 1. The minimum atomic E-state index is -3.93. The Morgan fingerprint density at radius 2 is 1.77 bits per heavy atom. The largest absolute Gasteiger partial charge is 0.480 e. The predicted octanol–water partition coefficient (Wildman–Crippen LogP) is -0.529. The molecule has 4 atom stereocenters. The van der Waals surface area contributed by atoms with Gasteiger partial charge in [-0.1, -0.05) is 44.2 Å². The molecular formula is C29H42BN6O10P. The SMILES string of the molecule is CC(C)C[C@@H](NC(=O)[C@@H](Cc1ccccc1)NC(=O)c1cnccn1)B1OCCN(CCNC(=O)CC(O)(C(=O)O)[PH](=O)O)CCO1. The summed E-state index contributed by atoms with van der Waals surface area (Å²) in [4.78, 5) is 68.9. The number of carbonyl (C=O) groups is 4. The molecule has 1 fully saturated rings. The Kier molecular flexibility index (Phi) is 14.9. The fraction of sp³-hybridized carbons (Fsp3) is 0.517. The van der Waals surface area contributed by atoms with Crippen molar-refractivity contribution in [2.45, 2.75) is 50.4 Å². The molecule has 0 radical (unpaired) electrons. The summed E-state index contributed by atoms with van der Waals surface area (Å²) in [6.07, 6.45) is 3.88. The first-order chi connectivity index (χ1) is 22.4. The van der Waals surface area contributed by atoms with Crippen molar-refractivity contribution >= 4 is 38.8 Å². The van der Waals surface area contributed by atoms with Gasteiger partial charge in [-0.3, -0.25) is 28.8 Å². The number of rotatable bonds is 16. The summed E-state index contributed by atoms with van der Waals surface area (Å²) < 4.78 is 23.4. The number of nitrogens with one attached hydrogen (secondary N) is 3. The van der Waals surface area contributed by atoms with Gasteiger partial charge in [-0.05, 0) is 17.9 Å². The zero-order valence-corrected chi connectivity index (χ0v) is 27.3. The van der Waals surface area contributed by atoms with Crippen molar-refractivity contribution < 1.29 is 48.2 Å². The summed E-state index contributed by atoms with van der Waals surface area (Å²) in [5.74, 6) is -4.14. The maximum absolute atomic E-state index is 13.7. The summed E-state index contributed by atoms with van der Waals surface area (Å²) >= 11 is 0. The smallest absolute Gasteiger partial charge is 0.479 e. The number of aliphatic hydroxyl groups is 1. The summed E-state index contributed by atoms with van der Waals surface area (Å²) in [7, 11) is -4.70. The fourth-order valence-corrected chi connectivity index (χ4v) is 5.33. The highest BCUT2D eigenvalue weighted by molar-refractivity contribution is 7.41. The van der Waals surface area contributed by atoms with Gasteiger partial charge in [-0.15, -0.1) is 0 Å². The van der Waals surface area contributed by atoms with Gasteiger partial charge < -0.3 is 40.4 Å². The summed E-state index contributed by atoms with van der Waals surface area (Å²) in [5, 5.41) is 24.1. The van der Waals surface area contributed by atoms with Crippen LogP contribution in [0.15, 0.2) is 48.9 Å². The average molecular weight is 676 g/mol. The van der Waals surface area contributed by atoms with Crippen LogP contribution in [0.4, 0.5) is 0 Å². The molecule has 47 heavy (non-hydrogen) atoms. The van der Waals surface area contributed by atoms with E-state index in [0.29, 0.717) is 26.1 Å². The number of aromatic nitrogens is 2. The van der Waals surface area contributed by atoms with E-state index >= 15 is 0 Å². The molecule has 2 unspecified atom stereocenters. The Labute approximate surface area is 273 Å². The van der Waals surface area contributed by atoms with E-state index in [0.717, 1.165) is 5.56 Å². The molecule has 16 nitrogen and oxygen atoms in total. The summed E-state index contributed by atoms with van der Waals surface area (Å²) in [6, 6.07) is 8.38. The van der Waals surface area contributed by atoms with E-state index in [1.54, 1.807) is 0 Å². The van der Waals surface area contributed by atoms with Gasteiger partial charge in [-0.25, -0.2) is 9.78 Å². The van der Waals surface area contributed by atoms with Crippen molar-refractivity contribution in [1.29, 1.82) is 0 Å². The van der Waals surface area contributed by atoms with Gasteiger partial charge in [0.05, 0.1) is 18.6 Å². The molecular weight excluding hydrogens is 634 g/mol. The van der Waals surface area contributed by atoms with Crippen LogP contribution in [-0.2, 0) is 34.7 Å². The molecule has 1 aromatic heterocycles. The highest BCUT2D eigenvalue weighted by atomic mass is 31.1. The first kappa shape index (κ1) is 37.7. The lowest BCUT2D eigenvalue weighted by atomic mass is 9.73. The molecule has 2 aromatic rings. The monoisotopic (exact) mass is 676 g/mol. The van der Waals surface area contributed by atoms with E-state index in [4.69, 9.17) is 19.3 Å². The lowest BCUT2D eigenvalue weighted by molar-refractivity contribution is -0.153. The zero-order chi connectivity index (χ0) is 34.4. The number of hydrogen-bond acceptors (Lipinski definition) is 11. The number of hydrogen-bond donors (Lipinski definition) is 6. The lowest BCUT2D eigenvalue weighted by Gasteiger charge is -2.32. The van der Waals surface area contributed by atoms with Crippen LogP contribution in [0.3, 0.4) is 0 Å². The maximum Gasteiger partial charge on any atom is 0.480 e. The number of nitrogens with zero attached hydrogens (tertiary/aromatic N) is 3. The fourth-order valence-electron chi connectivity index (χ4n) is 4.84. The molecule has 0 spiro atoms. The van der Waals surface area contributed by atoms with Crippen molar-refractivity contribution in [3.63, 3.8) is 0 Å². The molecule has 18 heteroatoms. The van der Waals surface area contributed by atoms with Gasteiger partial charge >= 0.3 is 13.1 Å². The molecule has 3 amide bonds. The molecule has 1 aliphatic rings. The molecule has 1 saturated heterocycles. The lowest BCUT2D eigenvalue weighted by Crippen LogP contribution is -2.57. The third-order valence-corrected chi connectivity index (χ3v) is 8.43. The Balaban J connectivity index is 1.58. The van der Waals surface area contributed by atoms with Crippen LogP contribution in [0.5, 0.6) is 0 Å². The maximum atomic E-state index is 13.7. The van der Waals surface area contributed by atoms with E-state index in [2.05, 4.69) is 25.9 Å². The van der Waals surface area contributed by atoms with Crippen molar-refractivity contribution in [3.05, 3.63) is 60.2 Å². The van der Waals surface area contributed by atoms with Crippen molar-refractivity contribution in [2.75, 3.05) is 39.4 Å². The van der Waals surface area contributed by atoms with E-state index < -0.39 is 62.6 Å². The standard InChI is InChI=1S/C29H42BN6O10P/c1-20(2)16-24(35-26(38)22(17-21-6-4-3-5-7-21)34-27(39)23-19-31-8-9-32-23)30-45-14-12-36(13-15-46-30)11-10-33-25(37)18-29(42,28(40)41)47(43)44/h3-9,19-20,22,24,42,47H,10-18H2,1-2H3,(H,33,37)(H,34,39)(H,35,38)(H,40,41)(H,43,44)/t22-,24-,29?/m1/s1. The van der Waals surface area contributed by atoms with Crippen LogP contribution in [0.25, 0.3) is 0 Å². The number of carbonyl (C=O) groups excluding carboxylic acids is 3. The van der Waals surface area contributed by atoms with E-state index in [9.17, 15) is 28.8 Å². The average Bonchev–Trinajstić information content (AvgIpc) is 3.01. The highest BCUT2D eigenvalue weighted by Gasteiger charge is 2.44. The Hall–Kier alpha value is -3.73.